The van der Waals surface area contributed by atoms with Gasteiger partial charge in [0.15, 0.2) is 0 Å². The number of benzene rings is 1. The molecule has 0 unspecified atom stereocenters. The zero-order chi connectivity index (χ0) is 14.5. The molecule has 106 valence electrons. The topological polar surface area (TPSA) is 70.1 Å². The number of anilines is 3. The SMILES string of the molecule is Cc1ccc(Nc2cc(NCCO)nc(C)n2)c(Br)c1. The average molecular weight is 337 g/mol. The summed E-state index contributed by atoms with van der Waals surface area (Å²) < 4.78 is 0.985. The zero-order valence-corrected chi connectivity index (χ0v) is 13.0. The summed E-state index contributed by atoms with van der Waals surface area (Å²) in [5, 5.41) is 15.1. The lowest BCUT2D eigenvalue weighted by atomic mass is 10.2. The van der Waals surface area contributed by atoms with Crippen molar-refractivity contribution in [2.24, 2.45) is 0 Å². The van der Waals surface area contributed by atoms with Gasteiger partial charge < -0.3 is 15.7 Å². The van der Waals surface area contributed by atoms with Gasteiger partial charge in [0.25, 0.3) is 0 Å². The monoisotopic (exact) mass is 336 g/mol. The highest BCUT2D eigenvalue weighted by Gasteiger charge is 2.05. The van der Waals surface area contributed by atoms with E-state index < -0.39 is 0 Å². The Morgan fingerprint density at radius 1 is 1.15 bits per heavy atom. The second-order valence-corrected chi connectivity index (χ2v) is 5.30. The van der Waals surface area contributed by atoms with Gasteiger partial charge in [0.2, 0.25) is 0 Å². The Balaban J connectivity index is 2.21. The number of aryl methyl sites for hydroxylation is 2. The lowest BCUT2D eigenvalue weighted by Gasteiger charge is -2.11. The summed E-state index contributed by atoms with van der Waals surface area (Å²) in [7, 11) is 0. The molecule has 1 aromatic carbocycles. The molecule has 0 atom stereocenters. The van der Waals surface area contributed by atoms with Gasteiger partial charge in [-0.1, -0.05) is 6.07 Å². The summed E-state index contributed by atoms with van der Waals surface area (Å²) in [4.78, 5) is 8.62. The van der Waals surface area contributed by atoms with E-state index in [-0.39, 0.29) is 6.61 Å². The fraction of sp³-hybridized carbons (Fsp3) is 0.286. The van der Waals surface area contributed by atoms with Gasteiger partial charge in [0.1, 0.15) is 17.5 Å². The first-order chi connectivity index (χ1) is 9.58. The molecule has 0 aliphatic heterocycles. The zero-order valence-electron chi connectivity index (χ0n) is 11.4. The van der Waals surface area contributed by atoms with Gasteiger partial charge in [0.05, 0.1) is 12.3 Å². The molecule has 0 aliphatic rings. The van der Waals surface area contributed by atoms with Crippen molar-refractivity contribution in [1.29, 1.82) is 0 Å². The Hall–Kier alpha value is -1.66. The number of nitrogens with one attached hydrogen (secondary N) is 2. The number of rotatable bonds is 5. The molecule has 1 heterocycles. The Morgan fingerprint density at radius 3 is 2.60 bits per heavy atom. The molecule has 0 aliphatic carbocycles. The minimum Gasteiger partial charge on any atom is -0.395 e. The van der Waals surface area contributed by atoms with Gasteiger partial charge in [-0.2, -0.15) is 0 Å². The number of aliphatic hydroxyl groups is 1. The molecule has 2 aromatic rings. The van der Waals surface area contributed by atoms with Crippen molar-refractivity contribution in [1.82, 2.24) is 9.97 Å². The summed E-state index contributed by atoms with van der Waals surface area (Å²) in [6, 6.07) is 7.89. The van der Waals surface area contributed by atoms with Crippen molar-refractivity contribution >= 4 is 33.3 Å². The van der Waals surface area contributed by atoms with Crippen LogP contribution in [0.15, 0.2) is 28.7 Å². The van der Waals surface area contributed by atoms with E-state index in [9.17, 15) is 0 Å². The standard InChI is InChI=1S/C14H17BrN4O/c1-9-3-4-12(11(15)7-9)19-14-8-13(16-5-6-20)17-10(2)18-14/h3-4,7-8,20H,5-6H2,1-2H3,(H2,16,17,18,19). The molecular formula is C14H17BrN4O. The lowest BCUT2D eigenvalue weighted by Crippen LogP contribution is -2.09. The Kier molecular flexibility index (Phi) is 4.92. The van der Waals surface area contributed by atoms with Crippen LogP contribution in [0.3, 0.4) is 0 Å². The van der Waals surface area contributed by atoms with E-state index in [4.69, 9.17) is 5.11 Å². The molecule has 0 spiro atoms. The highest BCUT2D eigenvalue weighted by molar-refractivity contribution is 9.10. The molecule has 2 rings (SSSR count). The highest BCUT2D eigenvalue weighted by atomic mass is 79.9. The summed E-state index contributed by atoms with van der Waals surface area (Å²) in [6.45, 7) is 4.40. The maximum Gasteiger partial charge on any atom is 0.136 e. The van der Waals surface area contributed by atoms with Gasteiger partial charge in [0, 0.05) is 17.1 Å². The minimum atomic E-state index is 0.0648. The molecule has 3 N–H and O–H groups in total. The first-order valence-electron chi connectivity index (χ1n) is 6.32. The molecule has 5 nitrogen and oxygen atoms in total. The van der Waals surface area contributed by atoms with Crippen LogP contribution in [0.2, 0.25) is 0 Å². The van der Waals surface area contributed by atoms with Crippen LogP contribution in [-0.4, -0.2) is 28.2 Å². The number of aromatic nitrogens is 2. The Bertz CT molecular complexity index is 604. The largest absolute Gasteiger partial charge is 0.395 e. The van der Waals surface area contributed by atoms with Gasteiger partial charge in [-0.3, -0.25) is 0 Å². The first-order valence-corrected chi connectivity index (χ1v) is 7.11. The first kappa shape index (κ1) is 14.7. The van der Waals surface area contributed by atoms with Crippen LogP contribution in [0, 0.1) is 13.8 Å². The van der Waals surface area contributed by atoms with Crippen LogP contribution in [0.5, 0.6) is 0 Å². The van der Waals surface area contributed by atoms with E-state index in [2.05, 4.69) is 36.5 Å². The van der Waals surface area contributed by atoms with Crippen LogP contribution in [0.25, 0.3) is 0 Å². The minimum absolute atomic E-state index is 0.0648. The van der Waals surface area contributed by atoms with E-state index in [1.54, 1.807) is 0 Å². The maximum absolute atomic E-state index is 8.84. The number of nitrogens with zero attached hydrogens (tertiary/aromatic N) is 2. The summed E-state index contributed by atoms with van der Waals surface area (Å²) in [5.41, 5.74) is 2.13. The number of halogens is 1. The van der Waals surface area contributed by atoms with Gasteiger partial charge >= 0.3 is 0 Å². The van der Waals surface area contributed by atoms with E-state index in [0.29, 0.717) is 24.0 Å². The molecule has 0 bridgehead atoms. The third kappa shape index (κ3) is 3.91. The molecule has 0 amide bonds. The normalized spacial score (nSPS) is 10.4. The summed E-state index contributed by atoms with van der Waals surface area (Å²) in [5.74, 6) is 2.07. The van der Waals surface area contributed by atoms with Gasteiger partial charge in [-0.05, 0) is 47.5 Å². The third-order valence-corrected chi connectivity index (χ3v) is 3.30. The fourth-order valence-corrected chi connectivity index (χ4v) is 2.36. The number of aliphatic hydroxyl groups excluding tert-OH is 1. The molecule has 1 aromatic heterocycles. The van der Waals surface area contributed by atoms with E-state index in [1.165, 1.54) is 5.56 Å². The number of hydrogen-bond donors (Lipinski definition) is 3. The van der Waals surface area contributed by atoms with Crippen molar-refractivity contribution in [2.75, 3.05) is 23.8 Å². The average Bonchev–Trinajstić information content (AvgIpc) is 2.39. The third-order valence-electron chi connectivity index (χ3n) is 2.64. The maximum atomic E-state index is 8.84. The van der Waals surface area contributed by atoms with Crippen molar-refractivity contribution in [3.8, 4) is 0 Å². The molecule has 0 fully saturated rings. The smallest absolute Gasteiger partial charge is 0.136 e. The predicted octanol–water partition coefficient (Wildman–Crippen LogP) is 3.00. The van der Waals surface area contributed by atoms with Gasteiger partial charge in [-0.25, -0.2) is 9.97 Å². The number of hydrogen-bond acceptors (Lipinski definition) is 5. The molecule has 20 heavy (non-hydrogen) atoms. The molecule has 0 saturated heterocycles. The highest BCUT2D eigenvalue weighted by Crippen LogP contribution is 2.26. The quantitative estimate of drug-likeness (QED) is 0.782. The van der Waals surface area contributed by atoms with E-state index in [0.717, 1.165) is 10.2 Å². The van der Waals surface area contributed by atoms with Crippen LogP contribution in [-0.2, 0) is 0 Å². The second kappa shape index (κ2) is 6.67. The van der Waals surface area contributed by atoms with Gasteiger partial charge in [-0.15, -0.1) is 0 Å². The predicted molar refractivity (Wildman–Crippen MR) is 84.5 cm³/mol. The Labute approximate surface area is 126 Å². The second-order valence-electron chi connectivity index (χ2n) is 4.44. The van der Waals surface area contributed by atoms with Crippen molar-refractivity contribution < 1.29 is 5.11 Å². The molecular weight excluding hydrogens is 320 g/mol. The van der Waals surface area contributed by atoms with Crippen molar-refractivity contribution in [2.45, 2.75) is 13.8 Å². The van der Waals surface area contributed by atoms with E-state index in [1.807, 2.05) is 38.1 Å². The van der Waals surface area contributed by atoms with E-state index >= 15 is 0 Å². The molecule has 6 heteroatoms. The van der Waals surface area contributed by atoms with Crippen LogP contribution in [0.4, 0.5) is 17.3 Å². The molecule has 0 radical (unpaired) electrons. The lowest BCUT2D eigenvalue weighted by molar-refractivity contribution is 0.311. The summed E-state index contributed by atoms with van der Waals surface area (Å²) in [6.07, 6.45) is 0. The van der Waals surface area contributed by atoms with Crippen molar-refractivity contribution in [3.63, 3.8) is 0 Å². The van der Waals surface area contributed by atoms with Crippen molar-refractivity contribution in [3.05, 3.63) is 40.1 Å². The van der Waals surface area contributed by atoms with Crippen LogP contribution >= 0.6 is 15.9 Å². The van der Waals surface area contributed by atoms with Crippen LogP contribution < -0.4 is 10.6 Å². The summed E-state index contributed by atoms with van der Waals surface area (Å²) >= 11 is 3.53. The fourth-order valence-electron chi connectivity index (χ4n) is 1.77. The molecule has 0 saturated carbocycles. The Morgan fingerprint density at radius 2 is 1.90 bits per heavy atom. The van der Waals surface area contributed by atoms with Crippen LogP contribution in [0.1, 0.15) is 11.4 Å².